The monoisotopic (exact) mass is 298 g/mol. The molecule has 0 bridgehead atoms. The molecule has 0 spiro atoms. The number of nitrogens with one attached hydrogen (secondary N) is 1. The van der Waals surface area contributed by atoms with E-state index in [4.69, 9.17) is 0 Å². The Morgan fingerprint density at radius 3 is 2.38 bits per heavy atom. The molecule has 0 saturated carbocycles. The largest absolute Gasteiger partial charge is 0.394 e. The Hall–Kier alpha value is -0.120. The summed E-state index contributed by atoms with van der Waals surface area (Å²) in [5.74, 6) is 0. The molecule has 1 heterocycles. The minimum absolute atomic E-state index is 0.0532. The predicted molar refractivity (Wildman–Crippen MR) is 91.7 cm³/mol. The van der Waals surface area contributed by atoms with Gasteiger partial charge in [-0.05, 0) is 70.0 Å². The Morgan fingerprint density at radius 2 is 1.90 bits per heavy atom. The van der Waals surface area contributed by atoms with Gasteiger partial charge in [-0.2, -0.15) is 0 Å². The van der Waals surface area contributed by atoms with Crippen LogP contribution in [-0.4, -0.2) is 48.3 Å². The smallest absolute Gasteiger partial charge is 0.0613 e. The summed E-state index contributed by atoms with van der Waals surface area (Å²) in [6.07, 6.45) is 8.41. The number of rotatable bonds is 11. The van der Waals surface area contributed by atoms with Crippen molar-refractivity contribution >= 4 is 0 Å². The molecule has 1 fully saturated rings. The molecule has 0 aliphatic carbocycles. The first-order chi connectivity index (χ1) is 10.1. The molecule has 3 nitrogen and oxygen atoms in total. The Morgan fingerprint density at radius 1 is 1.19 bits per heavy atom. The summed E-state index contributed by atoms with van der Waals surface area (Å²) < 4.78 is 0. The van der Waals surface area contributed by atoms with E-state index in [1.807, 2.05) is 0 Å². The fourth-order valence-electron chi connectivity index (χ4n) is 3.71. The molecule has 0 aromatic carbocycles. The molecule has 1 aliphatic heterocycles. The highest BCUT2D eigenvalue weighted by Crippen LogP contribution is 2.37. The maximum atomic E-state index is 9.78. The van der Waals surface area contributed by atoms with Crippen molar-refractivity contribution in [2.75, 3.05) is 32.8 Å². The van der Waals surface area contributed by atoms with Crippen LogP contribution in [0.2, 0.25) is 0 Å². The molecule has 0 aromatic heterocycles. The van der Waals surface area contributed by atoms with E-state index in [1.165, 1.54) is 45.3 Å². The van der Waals surface area contributed by atoms with E-state index in [-0.39, 0.29) is 12.1 Å². The molecule has 1 unspecified atom stereocenters. The summed E-state index contributed by atoms with van der Waals surface area (Å²) >= 11 is 0. The van der Waals surface area contributed by atoms with Crippen LogP contribution in [0.25, 0.3) is 0 Å². The highest BCUT2D eigenvalue weighted by molar-refractivity contribution is 4.89. The molecular formula is C18H38N2O. The van der Waals surface area contributed by atoms with Gasteiger partial charge in [0.1, 0.15) is 0 Å². The van der Waals surface area contributed by atoms with Crippen LogP contribution in [0.15, 0.2) is 0 Å². The number of likely N-dealkylation sites (tertiary alicyclic amines) is 1. The molecule has 0 aromatic rings. The van der Waals surface area contributed by atoms with Crippen LogP contribution in [-0.2, 0) is 0 Å². The van der Waals surface area contributed by atoms with Crippen molar-refractivity contribution in [1.29, 1.82) is 0 Å². The van der Waals surface area contributed by atoms with Gasteiger partial charge in [0.2, 0.25) is 0 Å². The molecule has 21 heavy (non-hydrogen) atoms. The molecule has 0 radical (unpaired) electrons. The molecule has 3 heteroatoms. The summed E-state index contributed by atoms with van der Waals surface area (Å²) in [5.41, 5.74) is 0.529. The van der Waals surface area contributed by atoms with Gasteiger partial charge >= 0.3 is 0 Å². The first kappa shape index (κ1) is 18.9. The van der Waals surface area contributed by atoms with Crippen LogP contribution >= 0.6 is 0 Å². The van der Waals surface area contributed by atoms with E-state index in [1.54, 1.807) is 0 Å². The number of hydrogen-bond acceptors (Lipinski definition) is 3. The second-order valence-electron chi connectivity index (χ2n) is 7.06. The van der Waals surface area contributed by atoms with Crippen LogP contribution in [0.3, 0.4) is 0 Å². The van der Waals surface area contributed by atoms with Crippen molar-refractivity contribution in [3.8, 4) is 0 Å². The number of aliphatic hydroxyl groups excluding tert-OH is 1. The zero-order valence-electron chi connectivity index (χ0n) is 14.9. The Kier molecular flexibility index (Phi) is 8.22. The summed E-state index contributed by atoms with van der Waals surface area (Å²) in [6.45, 7) is 14.1. The summed E-state index contributed by atoms with van der Waals surface area (Å²) in [7, 11) is 0. The van der Waals surface area contributed by atoms with Crippen molar-refractivity contribution in [1.82, 2.24) is 10.2 Å². The fraction of sp³-hybridized carbons (Fsp3) is 1.00. The highest BCUT2D eigenvalue weighted by atomic mass is 16.3. The maximum Gasteiger partial charge on any atom is 0.0613 e. The number of hydrogen-bond donors (Lipinski definition) is 2. The van der Waals surface area contributed by atoms with Crippen molar-refractivity contribution in [2.24, 2.45) is 5.41 Å². The van der Waals surface area contributed by atoms with Gasteiger partial charge in [-0.3, -0.25) is 0 Å². The molecule has 0 amide bonds. The predicted octanol–water partition coefficient (Wildman–Crippen LogP) is 3.42. The van der Waals surface area contributed by atoms with Crippen molar-refractivity contribution in [3.63, 3.8) is 0 Å². The molecule has 1 atom stereocenters. The van der Waals surface area contributed by atoms with Gasteiger partial charge in [-0.15, -0.1) is 0 Å². The first-order valence-corrected chi connectivity index (χ1v) is 9.17. The van der Waals surface area contributed by atoms with E-state index in [2.05, 4.69) is 37.9 Å². The van der Waals surface area contributed by atoms with Crippen LogP contribution in [0.1, 0.15) is 72.6 Å². The minimum Gasteiger partial charge on any atom is -0.394 e. The van der Waals surface area contributed by atoms with Crippen LogP contribution in [0.5, 0.6) is 0 Å². The second-order valence-corrected chi connectivity index (χ2v) is 7.06. The van der Waals surface area contributed by atoms with Gasteiger partial charge in [0.15, 0.2) is 0 Å². The maximum absolute atomic E-state index is 9.78. The lowest BCUT2D eigenvalue weighted by Gasteiger charge is -2.33. The lowest BCUT2D eigenvalue weighted by Crippen LogP contribution is -2.48. The molecule has 1 aliphatic rings. The topological polar surface area (TPSA) is 35.5 Å². The van der Waals surface area contributed by atoms with E-state index >= 15 is 0 Å². The molecule has 1 rings (SSSR count). The zero-order chi connectivity index (χ0) is 15.8. The van der Waals surface area contributed by atoms with Gasteiger partial charge in [0.25, 0.3) is 0 Å². The molecule has 1 saturated heterocycles. The standard InChI is InChI=1S/C18H38N2O/c1-5-12-19-18(8-4,16-21)10-9-13-20-14-11-17(6-2,7-3)15-20/h19,21H,5-16H2,1-4H3. The quantitative estimate of drug-likeness (QED) is 0.613. The van der Waals surface area contributed by atoms with E-state index in [0.29, 0.717) is 5.41 Å². The number of aliphatic hydroxyl groups is 1. The number of nitrogens with zero attached hydrogens (tertiary/aromatic N) is 1. The third-order valence-corrected chi connectivity index (χ3v) is 5.88. The third kappa shape index (κ3) is 5.22. The normalized spacial score (nSPS) is 21.6. The first-order valence-electron chi connectivity index (χ1n) is 9.17. The van der Waals surface area contributed by atoms with Gasteiger partial charge in [0, 0.05) is 12.1 Å². The Balaban J connectivity index is 2.38. The van der Waals surface area contributed by atoms with E-state index in [0.717, 1.165) is 25.8 Å². The van der Waals surface area contributed by atoms with E-state index in [9.17, 15) is 5.11 Å². The SMILES string of the molecule is CCCNC(CC)(CO)CCCN1CCC(CC)(CC)C1. The Labute approximate surface area is 132 Å². The van der Waals surface area contributed by atoms with Crippen molar-refractivity contribution in [2.45, 2.75) is 78.2 Å². The minimum atomic E-state index is -0.0532. The van der Waals surface area contributed by atoms with Crippen LogP contribution in [0.4, 0.5) is 0 Å². The second kappa shape index (κ2) is 9.12. The van der Waals surface area contributed by atoms with E-state index < -0.39 is 0 Å². The van der Waals surface area contributed by atoms with Gasteiger partial charge in [-0.25, -0.2) is 0 Å². The third-order valence-electron chi connectivity index (χ3n) is 5.88. The molecule has 126 valence electrons. The van der Waals surface area contributed by atoms with Crippen molar-refractivity contribution in [3.05, 3.63) is 0 Å². The van der Waals surface area contributed by atoms with Gasteiger partial charge in [0.05, 0.1) is 6.61 Å². The average molecular weight is 299 g/mol. The lowest BCUT2D eigenvalue weighted by molar-refractivity contribution is 0.138. The van der Waals surface area contributed by atoms with Gasteiger partial charge < -0.3 is 15.3 Å². The fourth-order valence-corrected chi connectivity index (χ4v) is 3.71. The van der Waals surface area contributed by atoms with Crippen molar-refractivity contribution < 1.29 is 5.11 Å². The summed E-state index contributed by atoms with van der Waals surface area (Å²) in [6, 6.07) is 0. The molecular weight excluding hydrogens is 260 g/mol. The summed E-state index contributed by atoms with van der Waals surface area (Å²) in [5, 5.41) is 13.4. The van der Waals surface area contributed by atoms with Crippen LogP contribution in [0, 0.1) is 5.41 Å². The lowest BCUT2D eigenvalue weighted by atomic mass is 9.82. The van der Waals surface area contributed by atoms with Gasteiger partial charge in [-0.1, -0.05) is 27.7 Å². The molecule has 2 N–H and O–H groups in total. The zero-order valence-corrected chi connectivity index (χ0v) is 14.9. The highest BCUT2D eigenvalue weighted by Gasteiger charge is 2.34. The Bertz CT molecular complexity index is 272. The summed E-state index contributed by atoms with van der Waals surface area (Å²) in [4.78, 5) is 2.64. The van der Waals surface area contributed by atoms with Crippen LogP contribution < -0.4 is 5.32 Å². The average Bonchev–Trinajstić information content (AvgIpc) is 2.95.